The van der Waals surface area contributed by atoms with Crippen LogP contribution in [0.15, 0.2) is 97.1 Å². The lowest BCUT2D eigenvalue weighted by Crippen LogP contribution is -2.82. The first-order chi connectivity index (χ1) is 27.1. The summed E-state index contributed by atoms with van der Waals surface area (Å²) < 4.78 is 79.6. The summed E-state index contributed by atoms with van der Waals surface area (Å²) >= 11 is 0. The number of ether oxygens (including phenoxy) is 1. The highest BCUT2D eigenvalue weighted by molar-refractivity contribution is 7.01. The second-order valence-electron chi connectivity index (χ2n) is 15.4. The van der Waals surface area contributed by atoms with Crippen LogP contribution in [0.2, 0.25) is 52.4 Å². The van der Waals surface area contributed by atoms with Gasteiger partial charge < -0.3 is 66.6 Å². The van der Waals surface area contributed by atoms with Crippen LogP contribution in [-0.4, -0.2) is 82.6 Å². The number of rotatable bonds is 10. The van der Waals surface area contributed by atoms with Crippen molar-refractivity contribution in [1.29, 1.82) is 0 Å². The van der Waals surface area contributed by atoms with E-state index in [1.54, 1.807) is 39.3 Å². The third-order valence-electron chi connectivity index (χ3n) is 9.53. The predicted octanol–water partition coefficient (Wildman–Crippen LogP) is 5.00. The molecule has 3 aliphatic heterocycles. The zero-order chi connectivity index (χ0) is 41.8. The van der Waals surface area contributed by atoms with E-state index < -0.39 is 70.7 Å². The Morgan fingerprint density at radius 1 is 0.569 bits per heavy atom. The molecular formula is C35H52N2O13Si8. The molecule has 4 aromatic rings. The lowest BCUT2D eigenvalue weighted by molar-refractivity contribution is 0.0305. The second-order valence-corrected chi connectivity index (χ2v) is 38.4. The molecule has 0 amide bonds. The van der Waals surface area contributed by atoms with Crippen LogP contribution >= 0.6 is 0 Å². The first-order valence-corrected chi connectivity index (χ1v) is 36.7. The molecule has 5 N–H and O–H groups in total. The van der Waals surface area contributed by atoms with Gasteiger partial charge in [0.05, 0.1) is 0 Å². The van der Waals surface area contributed by atoms with Crippen LogP contribution in [0.4, 0.5) is 11.4 Å². The molecule has 0 saturated carbocycles. The lowest BCUT2D eigenvalue weighted by Gasteiger charge is -2.55. The molecule has 4 aromatic carbocycles. The average Bonchev–Trinajstić information content (AvgIpc) is 3.10. The van der Waals surface area contributed by atoms with Gasteiger partial charge in [-0.3, -0.25) is 0 Å². The molecule has 3 fully saturated rings. The first kappa shape index (κ1) is 43.6. The molecule has 3 heterocycles. The molecule has 0 spiro atoms. The fourth-order valence-electron chi connectivity index (χ4n) is 7.59. The Kier molecular flexibility index (Phi) is 12.1. The van der Waals surface area contributed by atoms with Crippen molar-refractivity contribution in [3.8, 4) is 5.75 Å². The van der Waals surface area contributed by atoms with Crippen molar-refractivity contribution in [3.63, 3.8) is 0 Å². The van der Waals surface area contributed by atoms with E-state index in [4.69, 9.17) is 61.8 Å². The maximum absolute atomic E-state index is 10.7. The van der Waals surface area contributed by atoms with Crippen LogP contribution in [0.25, 0.3) is 0 Å². The van der Waals surface area contributed by atoms with Crippen molar-refractivity contribution in [2.45, 2.75) is 64.9 Å². The molecule has 0 aliphatic carbocycles. The lowest BCUT2D eigenvalue weighted by atomic mass is 9.85. The van der Waals surface area contributed by atoms with Crippen LogP contribution in [0.1, 0.15) is 28.2 Å². The number of hydrogen-bond donors (Lipinski definition) is 3. The average molecular weight is 933 g/mol. The summed E-state index contributed by atoms with van der Waals surface area (Å²) in [6, 6.07) is 31.5. The maximum atomic E-state index is 10.7. The van der Waals surface area contributed by atoms with Crippen LogP contribution in [-0.2, 0) is 52.2 Å². The van der Waals surface area contributed by atoms with Crippen molar-refractivity contribution in [3.05, 3.63) is 119 Å². The third kappa shape index (κ3) is 9.84. The molecule has 3 saturated heterocycles. The molecular weight excluding hydrogens is 881 g/mol. The summed E-state index contributed by atoms with van der Waals surface area (Å²) in [6.45, 7) is 14.3. The van der Waals surface area contributed by atoms with Crippen LogP contribution < -0.4 is 21.4 Å². The number of nitrogens with two attached hydrogens (primary N) is 2. The Bertz CT molecular complexity index is 2030. The van der Waals surface area contributed by atoms with Gasteiger partial charge in [-0.2, -0.15) is 0 Å². The number of benzene rings is 4. The summed E-state index contributed by atoms with van der Waals surface area (Å²) in [5.74, 6) is 0.676. The molecule has 0 radical (unpaired) electrons. The number of fused-ring (bicyclic) bond motifs is 3. The fraction of sp³-hybridized carbons (Fsp3) is 0.314. The van der Waals surface area contributed by atoms with Crippen molar-refractivity contribution >= 4 is 87.2 Å². The van der Waals surface area contributed by atoms with Crippen LogP contribution in [0.5, 0.6) is 5.75 Å². The van der Waals surface area contributed by atoms with E-state index in [0.29, 0.717) is 22.3 Å². The second kappa shape index (κ2) is 16.1. The normalized spacial score (nSPS) is 32.7. The SMILES string of the molecule is CO[Si]1(C)O[Si]2(C)O[Si](C)(C)O[Si]3(C)O[Si](C)(O[SiH](C)O)O[Si](c4ccc(COc5ccc(C(c6ccc(N)cc6)c6ccc(N)cc6)cc5)cc4)(O1)O[Si](C)(O2)O3. The minimum Gasteiger partial charge on any atom is -0.489 e. The Labute approximate surface area is 349 Å². The number of anilines is 2. The molecule has 7 atom stereocenters. The minimum atomic E-state index is -4.21. The van der Waals surface area contributed by atoms with Crippen molar-refractivity contribution < 1.29 is 55.1 Å². The molecule has 7 rings (SSSR count). The van der Waals surface area contributed by atoms with Gasteiger partial charge >= 0.3 is 70.7 Å². The van der Waals surface area contributed by atoms with Gasteiger partial charge in [0.2, 0.25) is 0 Å². The van der Waals surface area contributed by atoms with Crippen molar-refractivity contribution in [2.75, 3.05) is 18.6 Å². The van der Waals surface area contributed by atoms with E-state index >= 15 is 0 Å². The fourth-order valence-corrected chi connectivity index (χ4v) is 45.9. The molecule has 58 heavy (non-hydrogen) atoms. The summed E-state index contributed by atoms with van der Waals surface area (Å²) in [5.41, 5.74) is 17.6. The number of nitrogen functional groups attached to an aromatic ring is 2. The Balaban J connectivity index is 1.17. The molecule has 23 heteroatoms. The van der Waals surface area contributed by atoms with Crippen molar-refractivity contribution in [1.82, 2.24) is 0 Å². The quantitative estimate of drug-likeness (QED) is 0.110. The van der Waals surface area contributed by atoms with Gasteiger partial charge in [0.25, 0.3) is 0 Å². The summed E-state index contributed by atoms with van der Waals surface area (Å²) in [7, 11) is -27.1. The van der Waals surface area contributed by atoms with Gasteiger partial charge in [-0.05, 0) is 78.3 Å². The Morgan fingerprint density at radius 3 is 1.50 bits per heavy atom. The zero-order valence-electron chi connectivity index (χ0n) is 34.1. The minimum absolute atomic E-state index is 0.0267. The highest BCUT2D eigenvalue weighted by atomic mass is 28.6. The van der Waals surface area contributed by atoms with E-state index in [1.807, 2.05) is 98.0 Å². The van der Waals surface area contributed by atoms with Gasteiger partial charge in [-0.1, -0.05) is 60.7 Å². The smallest absolute Gasteiger partial charge is 0.489 e. The molecule has 3 aliphatic rings. The Morgan fingerprint density at radius 2 is 1.02 bits per heavy atom. The van der Waals surface area contributed by atoms with E-state index in [2.05, 4.69) is 12.1 Å². The summed E-state index contributed by atoms with van der Waals surface area (Å²) in [5, 5.41) is 0.560. The van der Waals surface area contributed by atoms with Crippen LogP contribution in [0.3, 0.4) is 0 Å². The van der Waals surface area contributed by atoms with E-state index in [0.717, 1.165) is 22.3 Å². The highest BCUT2D eigenvalue weighted by Crippen LogP contribution is 2.42. The largest absolute Gasteiger partial charge is 0.515 e. The summed E-state index contributed by atoms with van der Waals surface area (Å²) in [6.07, 6.45) is 0. The van der Waals surface area contributed by atoms with Gasteiger partial charge in [0.15, 0.2) is 0 Å². The monoisotopic (exact) mass is 932 g/mol. The maximum Gasteiger partial charge on any atom is 0.515 e. The Hall–Kier alpha value is -2.46. The number of hydrogen-bond acceptors (Lipinski definition) is 15. The molecule has 312 valence electrons. The van der Waals surface area contributed by atoms with Crippen LogP contribution in [0, 0.1) is 0 Å². The van der Waals surface area contributed by atoms with Gasteiger partial charge in [0.1, 0.15) is 12.4 Å². The highest BCUT2D eigenvalue weighted by Gasteiger charge is 2.73. The summed E-state index contributed by atoms with van der Waals surface area (Å²) in [4.78, 5) is 10.7. The molecule has 7 unspecified atom stereocenters. The standard InChI is InChI=1S/C35H52N2O13Si8/c1-39-53(5)44-55(7)42-52(3,4)43-56(8)45-54(6,41-51(2)38)49-58(48-53,50-57(9,46-55)47-56)34-24-10-27(11-25-34)26-40-33-22-16-30(17-23-33)35(28-12-18-31(36)19-13-28)29-14-20-32(37)21-15-29/h10-25,35,38,51H,26,36-37H2,1-9H3. The van der Waals surface area contributed by atoms with Gasteiger partial charge in [-0.15, -0.1) is 0 Å². The topological polar surface area (TPSA) is 183 Å². The van der Waals surface area contributed by atoms with E-state index in [-0.39, 0.29) is 12.5 Å². The predicted molar refractivity (Wildman–Crippen MR) is 234 cm³/mol. The van der Waals surface area contributed by atoms with Gasteiger partial charge in [0, 0.05) is 62.3 Å². The zero-order valence-corrected chi connectivity index (χ0v) is 42.3. The first-order valence-electron chi connectivity index (χ1n) is 18.9. The molecule has 0 aromatic heterocycles. The molecule has 4 bridgehead atoms. The molecule has 15 nitrogen and oxygen atoms in total. The van der Waals surface area contributed by atoms with Crippen molar-refractivity contribution in [2.24, 2.45) is 0 Å². The van der Waals surface area contributed by atoms with E-state index in [9.17, 15) is 4.80 Å². The third-order valence-corrected chi connectivity index (χ3v) is 40.8. The van der Waals surface area contributed by atoms with Gasteiger partial charge in [-0.25, -0.2) is 0 Å². The van der Waals surface area contributed by atoms with E-state index in [1.165, 1.54) is 7.11 Å².